The number of fused-ring (bicyclic) bond motifs is 3. The molecule has 63 heavy (non-hydrogen) atoms. The lowest BCUT2D eigenvalue weighted by Gasteiger charge is -2.42. The Kier molecular flexibility index (Phi) is 20.1. The van der Waals surface area contributed by atoms with E-state index in [1.54, 1.807) is 41.1 Å². The summed E-state index contributed by atoms with van der Waals surface area (Å²) < 4.78 is 23.8. The summed E-state index contributed by atoms with van der Waals surface area (Å²) in [5, 5.41) is 33.5. The third-order valence-electron chi connectivity index (χ3n) is 14.2. The molecular weight excluding hydrogens is 807 g/mol. The summed E-state index contributed by atoms with van der Waals surface area (Å²) in [5.74, 6) is -7.36. The van der Waals surface area contributed by atoms with E-state index in [4.69, 9.17) is 18.9 Å². The topological polar surface area (TPSA) is 186 Å². The number of methoxy groups -OCH3 is 2. The Morgan fingerprint density at radius 2 is 1.57 bits per heavy atom. The predicted octanol–water partition coefficient (Wildman–Crippen LogP) is 6.56. The number of rotatable bonds is 5. The van der Waals surface area contributed by atoms with Gasteiger partial charge in [-0.05, 0) is 107 Å². The summed E-state index contributed by atoms with van der Waals surface area (Å²) >= 11 is 0. The number of hydrogen-bond acceptors (Lipinski definition) is 12. The van der Waals surface area contributed by atoms with Gasteiger partial charge < -0.3 is 39.2 Å². The fourth-order valence-electron chi connectivity index (χ4n) is 9.78. The fourth-order valence-corrected chi connectivity index (χ4v) is 9.78. The molecule has 1 saturated carbocycles. The minimum Gasteiger partial charge on any atom is -0.460 e. The maximum absolute atomic E-state index is 14.3. The molecule has 3 fully saturated rings. The van der Waals surface area contributed by atoms with Gasteiger partial charge in [0.05, 0.1) is 30.5 Å². The molecular formula is C50H77NO12. The van der Waals surface area contributed by atoms with Crippen molar-refractivity contribution in [1.29, 1.82) is 0 Å². The average Bonchev–Trinajstić information content (AvgIpc) is 3.25. The van der Waals surface area contributed by atoms with E-state index >= 15 is 0 Å². The van der Waals surface area contributed by atoms with Crippen LogP contribution in [0, 0.1) is 35.5 Å². The van der Waals surface area contributed by atoms with Crippen LogP contribution in [-0.2, 0) is 42.9 Å². The Labute approximate surface area is 375 Å². The van der Waals surface area contributed by atoms with Gasteiger partial charge in [0.1, 0.15) is 23.7 Å². The number of hydrogen-bond donors (Lipinski definition) is 3. The van der Waals surface area contributed by atoms with Crippen LogP contribution >= 0.6 is 0 Å². The first-order chi connectivity index (χ1) is 29.8. The molecule has 0 aromatic rings. The van der Waals surface area contributed by atoms with Gasteiger partial charge >= 0.3 is 5.97 Å². The van der Waals surface area contributed by atoms with E-state index < -0.39 is 71.8 Å². The highest BCUT2D eigenvalue weighted by Gasteiger charge is 2.53. The second-order valence-corrected chi connectivity index (χ2v) is 19.3. The number of cyclic esters (lactones) is 1. The average molecular weight is 884 g/mol. The van der Waals surface area contributed by atoms with Gasteiger partial charge in [0.25, 0.3) is 11.7 Å². The van der Waals surface area contributed by atoms with E-state index in [1.165, 1.54) is 4.90 Å². The zero-order valence-corrected chi connectivity index (χ0v) is 39.3. The Bertz CT molecular complexity index is 1700. The second kappa shape index (κ2) is 24.3. The lowest BCUT2D eigenvalue weighted by atomic mass is 9.78. The Morgan fingerprint density at radius 3 is 2.27 bits per heavy atom. The number of ether oxygens (including phenoxy) is 4. The predicted molar refractivity (Wildman–Crippen MR) is 239 cm³/mol. The van der Waals surface area contributed by atoms with E-state index in [0.717, 1.165) is 12.0 Å². The summed E-state index contributed by atoms with van der Waals surface area (Å²) in [6.45, 7) is 12.9. The van der Waals surface area contributed by atoms with E-state index in [0.29, 0.717) is 63.4 Å². The van der Waals surface area contributed by atoms with Crippen molar-refractivity contribution in [3.05, 3.63) is 47.6 Å². The van der Waals surface area contributed by atoms with Crippen LogP contribution in [0.1, 0.15) is 132 Å². The number of piperidine rings is 1. The number of esters is 1. The maximum atomic E-state index is 14.3. The molecule has 2 saturated heterocycles. The van der Waals surface area contributed by atoms with Gasteiger partial charge in [-0.3, -0.25) is 19.2 Å². The SMILES string of the molecule is COC1CC2CCC(C)C(O)(O2)C(=O)C(=O)N2CCCCC2C(=O)OC(C(C)CC2CCC(O)C(OC)C2)CC(=O)C(C)/C=C(/C)C(O)CC(=O)C(C)CC(C)/C=C/C=C\C=C\1C. The van der Waals surface area contributed by atoms with Crippen LogP contribution in [0.4, 0.5) is 0 Å². The van der Waals surface area contributed by atoms with Crippen molar-refractivity contribution in [2.75, 3.05) is 20.8 Å². The number of nitrogens with zero attached hydrogens (tertiary/aromatic N) is 1. The number of carbonyl (C=O) groups excluding carboxylic acids is 5. The number of Topliss-reactive ketones (excluding diaryl/α,β-unsaturated/α-hetero) is 3. The standard InChI is InChI=1S/C50H77NO12/c1-30-15-11-10-12-16-31(2)44(60-8)27-38-20-18-36(7)50(59,63-38)47(56)48(57)51-22-14-13-17-39(51)49(58)62-45(35(6)25-37-19-21-40(52)46(26-37)61-9)29-43(55)34(5)24-33(4)42(54)28-41(53)32(3)23-30/h10-12,15-16,24,30,32,34-40,42,44-46,52,54,59H,13-14,17-23,25-29H2,1-9H3/b12-10-,15-11+,31-16+,33-24-. The van der Waals surface area contributed by atoms with E-state index in [2.05, 4.69) is 0 Å². The van der Waals surface area contributed by atoms with Gasteiger partial charge in [0.15, 0.2) is 0 Å². The molecule has 354 valence electrons. The number of allylic oxidation sites excluding steroid dienone is 6. The first-order valence-electron chi connectivity index (χ1n) is 23.4. The Hall–Kier alpha value is -3.33. The summed E-state index contributed by atoms with van der Waals surface area (Å²) in [6, 6.07) is -1.12. The molecule has 4 aliphatic rings. The van der Waals surface area contributed by atoms with Crippen LogP contribution in [-0.4, -0.2) is 119 Å². The zero-order chi connectivity index (χ0) is 46.6. The highest BCUT2D eigenvalue weighted by Crippen LogP contribution is 2.37. The zero-order valence-electron chi connectivity index (χ0n) is 39.3. The molecule has 0 aromatic heterocycles. The van der Waals surface area contributed by atoms with E-state index in [9.17, 15) is 39.3 Å². The van der Waals surface area contributed by atoms with Crippen molar-refractivity contribution < 1.29 is 58.2 Å². The van der Waals surface area contributed by atoms with Crippen LogP contribution in [0.3, 0.4) is 0 Å². The van der Waals surface area contributed by atoms with Crippen LogP contribution in [0.15, 0.2) is 47.6 Å². The molecule has 4 rings (SSSR count). The van der Waals surface area contributed by atoms with Crippen molar-refractivity contribution >= 4 is 29.2 Å². The Morgan fingerprint density at radius 1 is 0.841 bits per heavy atom. The minimum atomic E-state index is -2.42. The van der Waals surface area contributed by atoms with Gasteiger partial charge in [-0.2, -0.15) is 0 Å². The quantitative estimate of drug-likeness (QED) is 0.154. The molecule has 0 radical (unpaired) electrons. The Balaban J connectivity index is 1.67. The molecule has 1 aliphatic carbocycles. The fraction of sp³-hybridized carbons (Fsp3) is 0.740. The van der Waals surface area contributed by atoms with Crippen molar-refractivity contribution in [3.63, 3.8) is 0 Å². The number of aliphatic hydroxyl groups is 3. The summed E-state index contributed by atoms with van der Waals surface area (Å²) in [6.07, 6.45) is 13.0. The van der Waals surface area contributed by atoms with E-state index in [-0.39, 0.29) is 67.1 Å². The highest BCUT2D eigenvalue weighted by molar-refractivity contribution is 6.39. The third kappa shape index (κ3) is 14.3. The van der Waals surface area contributed by atoms with E-state index in [1.807, 2.05) is 58.1 Å². The number of carbonyl (C=O) groups is 5. The van der Waals surface area contributed by atoms with Crippen molar-refractivity contribution in [2.24, 2.45) is 35.5 Å². The monoisotopic (exact) mass is 884 g/mol. The van der Waals surface area contributed by atoms with Gasteiger partial charge in [0.2, 0.25) is 5.79 Å². The highest BCUT2D eigenvalue weighted by atomic mass is 16.6. The van der Waals surface area contributed by atoms with Gasteiger partial charge in [0, 0.05) is 57.8 Å². The number of aliphatic hydroxyl groups excluding tert-OH is 2. The largest absolute Gasteiger partial charge is 0.460 e. The molecule has 3 heterocycles. The molecule has 1 amide bonds. The van der Waals surface area contributed by atoms with Crippen molar-refractivity contribution in [3.8, 4) is 0 Å². The third-order valence-corrected chi connectivity index (χ3v) is 14.2. The summed E-state index contributed by atoms with van der Waals surface area (Å²) in [5.41, 5.74) is 1.39. The summed E-state index contributed by atoms with van der Waals surface area (Å²) in [7, 11) is 3.15. The molecule has 13 nitrogen and oxygen atoms in total. The van der Waals surface area contributed by atoms with Crippen LogP contribution in [0.5, 0.6) is 0 Å². The van der Waals surface area contributed by atoms with Crippen molar-refractivity contribution in [2.45, 2.75) is 180 Å². The molecule has 14 atom stereocenters. The lowest BCUT2D eigenvalue weighted by Crippen LogP contribution is -2.61. The van der Waals surface area contributed by atoms with Gasteiger partial charge in [-0.15, -0.1) is 0 Å². The van der Waals surface area contributed by atoms with Crippen LogP contribution in [0.2, 0.25) is 0 Å². The summed E-state index contributed by atoms with van der Waals surface area (Å²) in [4.78, 5) is 71.1. The van der Waals surface area contributed by atoms with Gasteiger partial charge in [-0.25, -0.2) is 4.79 Å². The van der Waals surface area contributed by atoms with Crippen LogP contribution < -0.4 is 0 Å². The molecule has 2 bridgehead atoms. The maximum Gasteiger partial charge on any atom is 0.329 e. The molecule has 3 N–H and O–H groups in total. The first kappa shape index (κ1) is 52.3. The van der Waals surface area contributed by atoms with Crippen LogP contribution in [0.25, 0.3) is 0 Å². The molecule has 0 spiro atoms. The van der Waals surface area contributed by atoms with Gasteiger partial charge in [-0.1, -0.05) is 71.1 Å². The lowest BCUT2D eigenvalue weighted by molar-refractivity contribution is -0.265. The number of amides is 1. The molecule has 13 heteroatoms. The number of ketones is 3. The first-order valence-corrected chi connectivity index (χ1v) is 23.4. The molecule has 3 aliphatic heterocycles. The molecule has 0 aromatic carbocycles. The van der Waals surface area contributed by atoms with Crippen molar-refractivity contribution in [1.82, 2.24) is 4.90 Å². The normalized spacial score (nSPS) is 40.1. The smallest absolute Gasteiger partial charge is 0.329 e. The second-order valence-electron chi connectivity index (χ2n) is 19.3. The molecule has 14 unspecified atom stereocenters. The minimum absolute atomic E-state index is 0.0725.